The Labute approximate surface area is 166 Å². The maximum atomic E-state index is 12.6. The summed E-state index contributed by atoms with van der Waals surface area (Å²) in [4.78, 5) is 26.9. The maximum absolute atomic E-state index is 12.6. The quantitative estimate of drug-likeness (QED) is 0.746. The van der Waals surface area contributed by atoms with E-state index in [1.807, 2.05) is 6.92 Å². The molecular weight excluding hydrogens is 389 g/mol. The van der Waals surface area contributed by atoms with E-state index in [2.05, 4.69) is 10.1 Å². The van der Waals surface area contributed by atoms with Gasteiger partial charge in [0.05, 0.1) is 18.7 Å². The van der Waals surface area contributed by atoms with Gasteiger partial charge < -0.3 is 19.7 Å². The number of urea groups is 1. The molecule has 0 saturated carbocycles. The number of nitrogens with zero attached hydrogens (tertiary/aromatic N) is 1. The zero-order chi connectivity index (χ0) is 21.2. The SMILES string of the molecule is CCCNC(=O)N1[C@H]2CC[C@@H]1C(C(=O)OC)=C(c1ccc(OC(F)(F)F)cc1)C2. The summed E-state index contributed by atoms with van der Waals surface area (Å²) in [5.41, 5.74) is 1.70. The second-order valence-electron chi connectivity index (χ2n) is 7.05. The van der Waals surface area contributed by atoms with Crippen LogP contribution >= 0.6 is 0 Å². The van der Waals surface area contributed by atoms with Gasteiger partial charge in [0.1, 0.15) is 5.75 Å². The van der Waals surface area contributed by atoms with Crippen LogP contribution in [0, 0.1) is 0 Å². The molecule has 0 aromatic heterocycles. The summed E-state index contributed by atoms with van der Waals surface area (Å²) in [6.45, 7) is 2.49. The number of carbonyl (C=O) groups is 2. The third kappa shape index (κ3) is 4.49. The van der Waals surface area contributed by atoms with Crippen LogP contribution in [-0.2, 0) is 9.53 Å². The van der Waals surface area contributed by atoms with E-state index in [9.17, 15) is 22.8 Å². The summed E-state index contributed by atoms with van der Waals surface area (Å²) in [5, 5.41) is 2.85. The van der Waals surface area contributed by atoms with Gasteiger partial charge in [-0.1, -0.05) is 19.1 Å². The minimum Gasteiger partial charge on any atom is -0.466 e. The fraction of sp³-hybridized carbons (Fsp3) is 0.500. The van der Waals surface area contributed by atoms with Gasteiger partial charge >= 0.3 is 18.4 Å². The number of nitrogens with one attached hydrogen (secondary N) is 1. The van der Waals surface area contributed by atoms with Crippen LogP contribution in [0.25, 0.3) is 5.57 Å². The monoisotopic (exact) mass is 412 g/mol. The van der Waals surface area contributed by atoms with Crippen molar-refractivity contribution in [3.63, 3.8) is 0 Å². The summed E-state index contributed by atoms with van der Waals surface area (Å²) in [6, 6.07) is 4.70. The number of halogens is 3. The minimum absolute atomic E-state index is 0.0774. The highest BCUT2D eigenvalue weighted by Crippen LogP contribution is 2.43. The average Bonchev–Trinajstić information content (AvgIpc) is 2.98. The molecule has 0 radical (unpaired) electrons. The molecule has 2 aliphatic rings. The molecule has 0 spiro atoms. The number of fused-ring (bicyclic) bond motifs is 2. The normalized spacial score (nSPS) is 21.2. The van der Waals surface area contributed by atoms with Gasteiger partial charge in [0.25, 0.3) is 0 Å². The zero-order valence-corrected chi connectivity index (χ0v) is 16.2. The largest absolute Gasteiger partial charge is 0.573 e. The number of esters is 1. The van der Waals surface area contributed by atoms with Crippen molar-refractivity contribution >= 4 is 17.6 Å². The molecule has 1 fully saturated rings. The molecule has 2 bridgehead atoms. The Balaban J connectivity index is 1.94. The highest BCUT2D eigenvalue weighted by molar-refractivity contribution is 6.01. The number of carbonyl (C=O) groups excluding carboxylic acids is 2. The van der Waals surface area contributed by atoms with Crippen LogP contribution in [0.2, 0.25) is 0 Å². The van der Waals surface area contributed by atoms with Crippen LogP contribution in [-0.4, -0.2) is 49.0 Å². The summed E-state index contributed by atoms with van der Waals surface area (Å²) >= 11 is 0. The third-order valence-electron chi connectivity index (χ3n) is 5.20. The van der Waals surface area contributed by atoms with E-state index >= 15 is 0 Å². The molecule has 6 nitrogen and oxygen atoms in total. The lowest BCUT2D eigenvalue weighted by molar-refractivity contribution is -0.274. The predicted molar refractivity (Wildman–Crippen MR) is 99.0 cm³/mol. The van der Waals surface area contributed by atoms with E-state index in [0.717, 1.165) is 12.8 Å². The molecule has 1 saturated heterocycles. The van der Waals surface area contributed by atoms with Crippen molar-refractivity contribution in [3.8, 4) is 5.75 Å². The van der Waals surface area contributed by atoms with E-state index in [1.54, 1.807) is 4.90 Å². The Morgan fingerprint density at radius 3 is 2.48 bits per heavy atom. The maximum Gasteiger partial charge on any atom is 0.573 e. The van der Waals surface area contributed by atoms with Gasteiger partial charge in [-0.25, -0.2) is 9.59 Å². The van der Waals surface area contributed by atoms with E-state index in [4.69, 9.17) is 4.74 Å². The first-order valence-corrected chi connectivity index (χ1v) is 9.48. The standard InChI is InChI=1S/C20H23F3N2O4/c1-3-10-24-19(27)25-13-6-9-16(25)17(18(26)28-2)15(11-13)12-4-7-14(8-5-12)29-20(21,22)23/h4-5,7-8,13,16H,3,6,9-11H2,1-2H3,(H,24,27)/t13-,16+/m0/s1. The number of rotatable bonds is 5. The molecule has 1 aromatic carbocycles. The van der Waals surface area contributed by atoms with Crippen molar-refractivity contribution in [2.24, 2.45) is 0 Å². The molecule has 0 unspecified atom stereocenters. The number of ether oxygens (including phenoxy) is 2. The molecule has 3 rings (SSSR count). The molecule has 2 amide bonds. The van der Waals surface area contributed by atoms with Crippen molar-refractivity contribution in [1.82, 2.24) is 10.2 Å². The lowest BCUT2D eigenvalue weighted by atomic mass is 9.88. The molecular formula is C20H23F3N2O4. The lowest BCUT2D eigenvalue weighted by Crippen LogP contribution is -2.51. The Hall–Kier alpha value is -2.71. The topological polar surface area (TPSA) is 67.9 Å². The highest BCUT2D eigenvalue weighted by atomic mass is 19.4. The molecule has 1 N–H and O–H groups in total. The second kappa shape index (κ2) is 8.34. The number of hydrogen-bond donors (Lipinski definition) is 1. The summed E-state index contributed by atoms with van der Waals surface area (Å²) in [5.74, 6) is -0.866. The van der Waals surface area contributed by atoms with E-state index in [-0.39, 0.29) is 17.8 Å². The van der Waals surface area contributed by atoms with Crippen LogP contribution in [0.1, 0.15) is 38.2 Å². The number of benzene rings is 1. The van der Waals surface area contributed by atoms with E-state index in [0.29, 0.717) is 36.1 Å². The Morgan fingerprint density at radius 2 is 1.90 bits per heavy atom. The summed E-state index contributed by atoms with van der Waals surface area (Å²) in [7, 11) is 1.27. The van der Waals surface area contributed by atoms with Gasteiger partial charge in [-0.2, -0.15) is 0 Å². The minimum atomic E-state index is -4.77. The van der Waals surface area contributed by atoms with Crippen LogP contribution in [0.3, 0.4) is 0 Å². The molecule has 2 heterocycles. The van der Waals surface area contributed by atoms with Gasteiger partial charge in [0.15, 0.2) is 0 Å². The van der Waals surface area contributed by atoms with Gasteiger partial charge in [0.2, 0.25) is 0 Å². The molecule has 29 heavy (non-hydrogen) atoms. The van der Waals surface area contributed by atoms with Crippen LogP contribution in [0.4, 0.5) is 18.0 Å². The van der Waals surface area contributed by atoms with Gasteiger partial charge in [0, 0.05) is 12.6 Å². The molecule has 158 valence electrons. The second-order valence-corrected chi connectivity index (χ2v) is 7.05. The highest BCUT2D eigenvalue weighted by Gasteiger charge is 2.46. The molecule has 9 heteroatoms. The van der Waals surface area contributed by atoms with Gasteiger partial charge in [-0.15, -0.1) is 13.2 Å². The van der Waals surface area contributed by atoms with Gasteiger partial charge in [-0.3, -0.25) is 0 Å². The van der Waals surface area contributed by atoms with Crippen molar-refractivity contribution in [2.75, 3.05) is 13.7 Å². The smallest absolute Gasteiger partial charge is 0.466 e. The molecule has 2 aliphatic heterocycles. The summed E-state index contributed by atoms with van der Waals surface area (Å²) < 4.78 is 46.0. The molecule has 1 aromatic rings. The number of alkyl halides is 3. The van der Waals surface area contributed by atoms with Crippen LogP contribution in [0.5, 0.6) is 5.75 Å². The van der Waals surface area contributed by atoms with Crippen molar-refractivity contribution < 1.29 is 32.2 Å². The number of methoxy groups -OCH3 is 1. The Kier molecular flexibility index (Phi) is 6.04. The fourth-order valence-corrected chi connectivity index (χ4v) is 4.04. The number of hydrogen-bond acceptors (Lipinski definition) is 4. The van der Waals surface area contributed by atoms with Crippen LogP contribution in [0.15, 0.2) is 29.8 Å². The van der Waals surface area contributed by atoms with E-state index < -0.39 is 18.4 Å². The summed E-state index contributed by atoms with van der Waals surface area (Å²) in [6.07, 6.45) is -2.17. The Morgan fingerprint density at radius 1 is 1.21 bits per heavy atom. The predicted octanol–water partition coefficient (Wildman–Crippen LogP) is 3.87. The molecule has 2 atom stereocenters. The average molecular weight is 412 g/mol. The first kappa shape index (κ1) is 21.0. The van der Waals surface area contributed by atoms with Crippen molar-refractivity contribution in [1.29, 1.82) is 0 Å². The first-order valence-electron chi connectivity index (χ1n) is 9.48. The third-order valence-corrected chi connectivity index (χ3v) is 5.20. The molecule has 0 aliphatic carbocycles. The van der Waals surface area contributed by atoms with Crippen molar-refractivity contribution in [2.45, 2.75) is 51.1 Å². The number of amides is 2. The van der Waals surface area contributed by atoms with Crippen LogP contribution < -0.4 is 10.1 Å². The zero-order valence-electron chi connectivity index (χ0n) is 16.2. The Bertz CT molecular complexity index is 805. The van der Waals surface area contributed by atoms with Gasteiger partial charge in [-0.05, 0) is 49.0 Å². The fourth-order valence-electron chi connectivity index (χ4n) is 4.04. The van der Waals surface area contributed by atoms with Crippen molar-refractivity contribution in [3.05, 3.63) is 35.4 Å². The van der Waals surface area contributed by atoms with E-state index in [1.165, 1.54) is 31.4 Å². The first-order chi connectivity index (χ1) is 13.7. The lowest BCUT2D eigenvalue weighted by Gasteiger charge is -2.37.